The molecule has 3 N–H and O–H groups in total. The van der Waals surface area contributed by atoms with Gasteiger partial charge in [0.1, 0.15) is 0 Å². The molecule has 0 aliphatic heterocycles. The summed E-state index contributed by atoms with van der Waals surface area (Å²) in [6.45, 7) is 5.54. The lowest BCUT2D eigenvalue weighted by Gasteiger charge is -2.25. The standard InChI is InChI=1S/C14H22F2N2O2S/c1-14(2,8-3-9-17)10-18-11-4-6-12(7-5-11)21(19,20)13(15)16/h4-7,13,18H,3,8-10,17H2,1-2H3. The van der Waals surface area contributed by atoms with Crippen LogP contribution in [0.2, 0.25) is 0 Å². The highest BCUT2D eigenvalue weighted by Gasteiger charge is 2.26. The Kier molecular flexibility index (Phi) is 6.10. The molecule has 1 aromatic rings. The van der Waals surface area contributed by atoms with Gasteiger partial charge in [-0.25, -0.2) is 8.42 Å². The summed E-state index contributed by atoms with van der Waals surface area (Å²) in [4.78, 5) is -0.370. The van der Waals surface area contributed by atoms with Crippen LogP contribution in [0.25, 0.3) is 0 Å². The molecule has 0 heterocycles. The van der Waals surface area contributed by atoms with E-state index in [2.05, 4.69) is 19.2 Å². The minimum atomic E-state index is -4.52. The highest BCUT2D eigenvalue weighted by molar-refractivity contribution is 7.91. The van der Waals surface area contributed by atoms with Crippen LogP contribution >= 0.6 is 0 Å². The molecular formula is C14H22F2N2O2S. The lowest BCUT2D eigenvalue weighted by atomic mass is 9.87. The third kappa shape index (κ3) is 5.24. The van der Waals surface area contributed by atoms with E-state index in [-0.39, 0.29) is 10.3 Å². The van der Waals surface area contributed by atoms with Crippen LogP contribution in [0, 0.1) is 5.41 Å². The van der Waals surface area contributed by atoms with Crippen molar-refractivity contribution in [3.05, 3.63) is 24.3 Å². The smallest absolute Gasteiger partial charge is 0.341 e. The van der Waals surface area contributed by atoms with Gasteiger partial charge in [-0.05, 0) is 49.1 Å². The Morgan fingerprint density at radius 3 is 2.29 bits per heavy atom. The quantitative estimate of drug-likeness (QED) is 0.772. The van der Waals surface area contributed by atoms with E-state index >= 15 is 0 Å². The Hall–Kier alpha value is -1.21. The molecule has 1 rings (SSSR count). The van der Waals surface area contributed by atoms with E-state index in [9.17, 15) is 17.2 Å². The van der Waals surface area contributed by atoms with Gasteiger partial charge in [0.15, 0.2) is 0 Å². The Labute approximate surface area is 124 Å². The van der Waals surface area contributed by atoms with Crippen LogP contribution < -0.4 is 11.1 Å². The SMILES string of the molecule is CC(C)(CCCN)CNc1ccc(S(=O)(=O)C(F)F)cc1. The number of halogens is 2. The fraction of sp³-hybridized carbons (Fsp3) is 0.571. The van der Waals surface area contributed by atoms with Crippen LogP contribution in [0.5, 0.6) is 0 Å². The number of hydrogen-bond donors (Lipinski definition) is 2. The molecule has 0 aliphatic rings. The number of rotatable bonds is 8. The lowest BCUT2D eigenvalue weighted by Crippen LogP contribution is -2.24. The number of anilines is 1. The Bertz CT molecular complexity index is 543. The first-order valence-corrected chi connectivity index (χ1v) is 8.30. The third-order valence-electron chi connectivity index (χ3n) is 3.25. The van der Waals surface area contributed by atoms with Crippen molar-refractivity contribution >= 4 is 15.5 Å². The molecule has 4 nitrogen and oxygen atoms in total. The summed E-state index contributed by atoms with van der Waals surface area (Å²) < 4.78 is 47.4. The van der Waals surface area contributed by atoms with Gasteiger partial charge in [-0.2, -0.15) is 8.78 Å². The molecule has 7 heteroatoms. The summed E-state index contributed by atoms with van der Waals surface area (Å²) in [6.07, 6.45) is 1.90. The van der Waals surface area contributed by atoms with E-state index in [1.165, 1.54) is 24.3 Å². The van der Waals surface area contributed by atoms with E-state index in [4.69, 9.17) is 5.73 Å². The van der Waals surface area contributed by atoms with Crippen LogP contribution in [0.4, 0.5) is 14.5 Å². The maximum absolute atomic E-state index is 12.4. The molecule has 120 valence electrons. The normalized spacial score (nSPS) is 12.7. The summed E-state index contributed by atoms with van der Waals surface area (Å²) in [5.74, 6) is -3.40. The predicted octanol–water partition coefficient (Wildman–Crippen LogP) is 2.86. The first-order chi connectivity index (χ1) is 9.69. The molecule has 0 aromatic heterocycles. The van der Waals surface area contributed by atoms with Crippen molar-refractivity contribution in [2.24, 2.45) is 11.1 Å². The first-order valence-electron chi connectivity index (χ1n) is 6.75. The molecule has 0 aliphatic carbocycles. The van der Waals surface area contributed by atoms with E-state index in [1.807, 2.05) is 0 Å². The van der Waals surface area contributed by atoms with E-state index in [1.54, 1.807) is 0 Å². The number of benzene rings is 1. The molecule has 21 heavy (non-hydrogen) atoms. The van der Waals surface area contributed by atoms with Gasteiger partial charge in [0.05, 0.1) is 4.90 Å². The number of sulfone groups is 1. The summed E-state index contributed by atoms with van der Waals surface area (Å²) >= 11 is 0. The van der Waals surface area contributed by atoms with Crippen molar-refractivity contribution in [1.29, 1.82) is 0 Å². The van der Waals surface area contributed by atoms with E-state index in [0.29, 0.717) is 18.8 Å². The number of nitrogens with two attached hydrogens (primary N) is 1. The number of alkyl halides is 2. The zero-order valence-corrected chi connectivity index (χ0v) is 13.1. The zero-order valence-electron chi connectivity index (χ0n) is 12.3. The van der Waals surface area contributed by atoms with Gasteiger partial charge in [0.25, 0.3) is 0 Å². The largest absolute Gasteiger partial charge is 0.385 e. The second-order valence-corrected chi connectivity index (χ2v) is 7.66. The summed E-state index contributed by atoms with van der Waals surface area (Å²) in [5, 5.41) is 3.18. The Morgan fingerprint density at radius 1 is 1.24 bits per heavy atom. The maximum Gasteiger partial charge on any atom is 0.341 e. The van der Waals surface area contributed by atoms with Gasteiger partial charge in [-0.3, -0.25) is 0 Å². The Morgan fingerprint density at radius 2 is 1.81 bits per heavy atom. The molecule has 0 atom stereocenters. The minimum Gasteiger partial charge on any atom is -0.385 e. The fourth-order valence-corrected chi connectivity index (χ4v) is 2.60. The molecule has 0 radical (unpaired) electrons. The molecule has 0 saturated carbocycles. The lowest BCUT2D eigenvalue weighted by molar-refractivity contribution is 0.234. The second kappa shape index (κ2) is 7.17. The maximum atomic E-state index is 12.4. The molecule has 0 saturated heterocycles. The summed E-state index contributed by atoms with van der Waals surface area (Å²) in [5.41, 5.74) is 6.23. The van der Waals surface area contributed by atoms with Crippen molar-refractivity contribution in [2.75, 3.05) is 18.4 Å². The highest BCUT2D eigenvalue weighted by Crippen LogP contribution is 2.24. The van der Waals surface area contributed by atoms with Crippen LogP contribution in [-0.4, -0.2) is 27.3 Å². The number of nitrogens with one attached hydrogen (secondary N) is 1. The molecular weight excluding hydrogens is 298 g/mol. The average Bonchev–Trinajstić information content (AvgIpc) is 2.43. The van der Waals surface area contributed by atoms with Crippen molar-refractivity contribution in [3.8, 4) is 0 Å². The van der Waals surface area contributed by atoms with Gasteiger partial charge in [-0.15, -0.1) is 0 Å². The third-order valence-corrected chi connectivity index (χ3v) is 4.64. The highest BCUT2D eigenvalue weighted by atomic mass is 32.2. The van der Waals surface area contributed by atoms with Gasteiger partial charge in [-0.1, -0.05) is 13.8 Å². The van der Waals surface area contributed by atoms with Crippen LogP contribution in [0.15, 0.2) is 29.2 Å². The minimum absolute atomic E-state index is 0.0487. The van der Waals surface area contributed by atoms with E-state index in [0.717, 1.165) is 12.8 Å². The topological polar surface area (TPSA) is 72.2 Å². The molecule has 0 bridgehead atoms. The van der Waals surface area contributed by atoms with Crippen LogP contribution in [0.1, 0.15) is 26.7 Å². The fourth-order valence-electron chi connectivity index (χ4n) is 1.88. The number of hydrogen-bond acceptors (Lipinski definition) is 4. The van der Waals surface area contributed by atoms with Gasteiger partial charge in [0.2, 0.25) is 9.84 Å². The predicted molar refractivity (Wildman–Crippen MR) is 80.2 cm³/mol. The van der Waals surface area contributed by atoms with Crippen molar-refractivity contribution in [1.82, 2.24) is 0 Å². The Balaban J connectivity index is 2.68. The summed E-state index contributed by atoms with van der Waals surface area (Å²) in [7, 11) is -4.52. The first kappa shape index (κ1) is 17.8. The molecule has 0 unspecified atom stereocenters. The summed E-state index contributed by atoms with van der Waals surface area (Å²) in [6, 6.07) is 5.37. The average molecular weight is 320 g/mol. The molecule has 1 aromatic carbocycles. The van der Waals surface area contributed by atoms with Gasteiger partial charge < -0.3 is 11.1 Å². The second-order valence-electron chi connectivity index (χ2n) is 5.74. The van der Waals surface area contributed by atoms with Gasteiger partial charge >= 0.3 is 5.76 Å². The molecule has 0 fully saturated rings. The van der Waals surface area contributed by atoms with Gasteiger partial charge in [0, 0.05) is 12.2 Å². The monoisotopic (exact) mass is 320 g/mol. The molecule has 0 amide bonds. The van der Waals surface area contributed by atoms with Crippen molar-refractivity contribution in [2.45, 2.75) is 37.3 Å². The van der Waals surface area contributed by atoms with Crippen LogP contribution in [0.3, 0.4) is 0 Å². The van der Waals surface area contributed by atoms with Crippen molar-refractivity contribution in [3.63, 3.8) is 0 Å². The van der Waals surface area contributed by atoms with E-state index < -0.39 is 15.6 Å². The molecule has 0 spiro atoms. The zero-order chi connectivity index (χ0) is 16.1. The van der Waals surface area contributed by atoms with Crippen molar-refractivity contribution < 1.29 is 17.2 Å². The van der Waals surface area contributed by atoms with Crippen LogP contribution in [-0.2, 0) is 9.84 Å².